The monoisotopic (exact) mass is 415 g/mol. The van der Waals surface area contributed by atoms with E-state index in [0.717, 1.165) is 9.60 Å². The molecule has 0 radical (unpaired) electrons. The van der Waals surface area contributed by atoms with Gasteiger partial charge in [-0.15, -0.1) is 11.8 Å². The van der Waals surface area contributed by atoms with E-state index in [2.05, 4.69) is 15.8 Å². The lowest BCUT2D eigenvalue weighted by Gasteiger charge is -2.05. The highest BCUT2D eigenvalue weighted by molar-refractivity contribution is 7.99. The van der Waals surface area contributed by atoms with Crippen molar-refractivity contribution in [1.82, 2.24) is 10.4 Å². The van der Waals surface area contributed by atoms with Gasteiger partial charge in [0.05, 0.1) is 14.7 Å². The molecule has 0 saturated heterocycles. The van der Waals surface area contributed by atoms with Gasteiger partial charge in [0, 0.05) is 17.1 Å². The first-order valence-corrected chi connectivity index (χ1v) is 9.76. The molecule has 0 aliphatic carbocycles. The zero-order valence-corrected chi connectivity index (χ0v) is 15.8. The number of benzene rings is 2. The average Bonchev–Trinajstić information content (AvgIpc) is 3.04. The predicted octanol–water partition coefficient (Wildman–Crippen LogP) is 5.37. The molecule has 130 valence electrons. The van der Waals surface area contributed by atoms with Crippen molar-refractivity contribution in [3.8, 4) is 0 Å². The number of carbonyl (C=O) groups is 1. The quantitative estimate of drug-likeness (QED) is 0.419. The van der Waals surface area contributed by atoms with Gasteiger partial charge in [-0.05, 0) is 36.4 Å². The summed E-state index contributed by atoms with van der Waals surface area (Å²) in [7, 11) is 0. The van der Waals surface area contributed by atoms with Gasteiger partial charge in [-0.25, -0.2) is 9.37 Å². The highest BCUT2D eigenvalue weighted by Gasteiger charge is 2.11. The fourth-order valence-electron chi connectivity index (χ4n) is 1.98. The first-order chi connectivity index (χ1) is 12.0. The van der Waals surface area contributed by atoms with E-state index < -0.39 is 0 Å². The molecule has 9 heteroatoms. The fourth-order valence-corrected chi connectivity index (χ4v) is 4.20. The van der Waals surface area contributed by atoms with E-state index in [0.29, 0.717) is 32.9 Å². The molecular weight excluding hydrogens is 404 g/mol. The van der Waals surface area contributed by atoms with E-state index >= 15 is 0 Å². The van der Waals surface area contributed by atoms with Crippen LogP contribution in [0.3, 0.4) is 0 Å². The molecule has 0 saturated carbocycles. The van der Waals surface area contributed by atoms with Crippen LogP contribution in [0.25, 0.3) is 10.2 Å². The van der Waals surface area contributed by atoms with Crippen molar-refractivity contribution in [2.24, 2.45) is 0 Å². The highest BCUT2D eigenvalue weighted by Crippen LogP contribution is 2.35. The van der Waals surface area contributed by atoms with E-state index in [1.807, 2.05) is 0 Å². The molecular formula is C16H12Cl2FN3OS2. The minimum absolute atomic E-state index is 0.175. The Labute approximate surface area is 161 Å². The van der Waals surface area contributed by atoms with Crippen LogP contribution in [0.15, 0.2) is 41.3 Å². The Kier molecular flexibility index (Phi) is 6.01. The van der Waals surface area contributed by atoms with Crippen molar-refractivity contribution < 1.29 is 9.18 Å². The van der Waals surface area contributed by atoms with Crippen LogP contribution in [0.2, 0.25) is 10.0 Å². The Morgan fingerprint density at radius 2 is 1.88 bits per heavy atom. The Balaban J connectivity index is 1.50. The lowest BCUT2D eigenvalue weighted by molar-refractivity contribution is -0.120. The van der Waals surface area contributed by atoms with Gasteiger partial charge in [0.1, 0.15) is 11.3 Å². The molecule has 25 heavy (non-hydrogen) atoms. The zero-order valence-electron chi connectivity index (χ0n) is 12.7. The molecule has 0 fully saturated rings. The molecule has 1 aromatic heterocycles. The zero-order chi connectivity index (χ0) is 17.8. The number of aromatic nitrogens is 1. The number of hydrogen-bond acceptors (Lipinski definition) is 5. The summed E-state index contributed by atoms with van der Waals surface area (Å²) < 4.78 is 13.6. The number of rotatable bonds is 6. The van der Waals surface area contributed by atoms with Crippen molar-refractivity contribution in [3.63, 3.8) is 0 Å². The first-order valence-electron chi connectivity index (χ1n) is 7.20. The van der Waals surface area contributed by atoms with Crippen LogP contribution in [0.1, 0.15) is 6.42 Å². The lowest BCUT2D eigenvalue weighted by Crippen LogP contribution is -2.29. The van der Waals surface area contributed by atoms with Crippen LogP contribution in [0.4, 0.5) is 9.52 Å². The van der Waals surface area contributed by atoms with Gasteiger partial charge in [0.25, 0.3) is 0 Å². The summed E-state index contributed by atoms with van der Waals surface area (Å²) in [6.07, 6.45) is 0.307. The standard InChI is InChI=1S/C16H12Cl2FN3OS2/c17-11-5-6-12(18)15-14(11)20-16(25-15)22-21-13(23)7-8-24-10-3-1-9(19)2-4-10/h1-6H,7-8H2,(H,20,22)(H,21,23). The summed E-state index contributed by atoms with van der Waals surface area (Å²) in [5.41, 5.74) is 5.97. The largest absolute Gasteiger partial charge is 0.273 e. The smallest absolute Gasteiger partial charge is 0.239 e. The number of nitrogens with one attached hydrogen (secondary N) is 2. The molecule has 2 N–H and O–H groups in total. The minimum Gasteiger partial charge on any atom is -0.273 e. The van der Waals surface area contributed by atoms with Gasteiger partial charge >= 0.3 is 0 Å². The molecule has 4 nitrogen and oxygen atoms in total. The third kappa shape index (κ3) is 4.76. The topological polar surface area (TPSA) is 54.0 Å². The van der Waals surface area contributed by atoms with Crippen LogP contribution >= 0.6 is 46.3 Å². The van der Waals surface area contributed by atoms with Gasteiger partial charge in [0.2, 0.25) is 11.0 Å². The minimum atomic E-state index is -0.276. The number of amides is 1. The van der Waals surface area contributed by atoms with Crippen molar-refractivity contribution in [3.05, 3.63) is 52.3 Å². The number of fused-ring (bicyclic) bond motifs is 1. The van der Waals surface area contributed by atoms with Crippen LogP contribution in [0, 0.1) is 5.82 Å². The number of nitrogens with zero attached hydrogens (tertiary/aromatic N) is 1. The second kappa shape index (κ2) is 8.23. The maximum absolute atomic E-state index is 12.8. The number of anilines is 1. The Bertz CT molecular complexity index is 863. The molecule has 0 aliphatic rings. The molecule has 1 amide bonds. The van der Waals surface area contributed by atoms with Crippen molar-refractivity contribution in [1.29, 1.82) is 0 Å². The van der Waals surface area contributed by atoms with Crippen LogP contribution in [-0.2, 0) is 4.79 Å². The maximum atomic E-state index is 12.8. The fraction of sp³-hybridized carbons (Fsp3) is 0.125. The molecule has 0 spiro atoms. The van der Waals surface area contributed by atoms with Crippen LogP contribution in [-0.4, -0.2) is 16.6 Å². The van der Waals surface area contributed by atoms with Gasteiger partial charge in [-0.2, -0.15) is 0 Å². The number of hydrogen-bond donors (Lipinski definition) is 2. The summed E-state index contributed by atoms with van der Waals surface area (Å²) in [4.78, 5) is 17.1. The van der Waals surface area contributed by atoms with Crippen molar-refractivity contribution in [2.45, 2.75) is 11.3 Å². The summed E-state index contributed by atoms with van der Waals surface area (Å²) >= 11 is 15.0. The number of thioether (sulfide) groups is 1. The van der Waals surface area contributed by atoms with E-state index in [4.69, 9.17) is 23.2 Å². The number of hydrazine groups is 1. The third-order valence-electron chi connectivity index (χ3n) is 3.17. The van der Waals surface area contributed by atoms with E-state index in [1.54, 1.807) is 24.3 Å². The van der Waals surface area contributed by atoms with Gasteiger partial charge in [-0.3, -0.25) is 15.6 Å². The summed E-state index contributed by atoms with van der Waals surface area (Å²) in [6.45, 7) is 0. The molecule has 1 heterocycles. The predicted molar refractivity (Wildman–Crippen MR) is 103 cm³/mol. The Morgan fingerprint density at radius 3 is 2.60 bits per heavy atom. The number of halogens is 3. The van der Waals surface area contributed by atoms with Crippen LogP contribution in [0.5, 0.6) is 0 Å². The molecule has 3 aromatic rings. The van der Waals surface area contributed by atoms with E-state index in [9.17, 15) is 9.18 Å². The van der Waals surface area contributed by atoms with Gasteiger partial charge in [0.15, 0.2) is 0 Å². The average molecular weight is 416 g/mol. The molecule has 3 rings (SSSR count). The van der Waals surface area contributed by atoms with Crippen LogP contribution < -0.4 is 10.9 Å². The molecule has 0 atom stereocenters. The number of carbonyl (C=O) groups excluding carboxylic acids is 1. The first kappa shape index (κ1) is 18.3. The molecule has 0 unspecified atom stereocenters. The van der Waals surface area contributed by atoms with E-state index in [1.165, 1.54) is 35.2 Å². The third-order valence-corrected chi connectivity index (χ3v) is 5.92. The Morgan fingerprint density at radius 1 is 1.16 bits per heavy atom. The lowest BCUT2D eigenvalue weighted by atomic mass is 10.3. The molecule has 0 aliphatic heterocycles. The van der Waals surface area contributed by atoms with Gasteiger partial charge in [-0.1, -0.05) is 34.5 Å². The SMILES string of the molecule is O=C(CCSc1ccc(F)cc1)NNc1nc2c(Cl)ccc(Cl)c2s1. The molecule has 0 bridgehead atoms. The second-order valence-corrected chi connectivity index (χ2v) is 7.93. The van der Waals surface area contributed by atoms with Crippen molar-refractivity contribution >= 4 is 67.6 Å². The Hall–Kier alpha value is -1.54. The molecule has 2 aromatic carbocycles. The summed E-state index contributed by atoms with van der Waals surface area (Å²) in [5, 5.41) is 1.57. The second-order valence-electron chi connectivity index (χ2n) is 4.95. The summed E-state index contributed by atoms with van der Waals surface area (Å²) in [6, 6.07) is 9.55. The van der Waals surface area contributed by atoms with Crippen molar-refractivity contribution in [2.75, 3.05) is 11.2 Å². The number of thiazole rings is 1. The highest BCUT2D eigenvalue weighted by atomic mass is 35.5. The van der Waals surface area contributed by atoms with Gasteiger partial charge < -0.3 is 0 Å². The summed E-state index contributed by atoms with van der Waals surface area (Å²) in [5.74, 6) is 0.129. The maximum Gasteiger partial charge on any atom is 0.239 e. The normalized spacial score (nSPS) is 10.8. The van der Waals surface area contributed by atoms with E-state index in [-0.39, 0.29) is 11.7 Å².